The van der Waals surface area contributed by atoms with Gasteiger partial charge < -0.3 is 10.4 Å². The van der Waals surface area contributed by atoms with Gasteiger partial charge in [-0.3, -0.25) is 4.79 Å². The molecule has 0 aromatic rings. The SMILES string of the molecule is O=C(NC1(CO)CCCC1)C12CC3CC(CC(C3)C1)C2. The van der Waals surface area contributed by atoms with Gasteiger partial charge >= 0.3 is 0 Å². The highest BCUT2D eigenvalue weighted by atomic mass is 16.3. The van der Waals surface area contributed by atoms with Gasteiger partial charge in [-0.15, -0.1) is 0 Å². The Hall–Kier alpha value is -0.570. The Morgan fingerprint density at radius 2 is 1.50 bits per heavy atom. The number of nitrogens with one attached hydrogen (secondary N) is 1. The standard InChI is InChI=1S/C17H27NO2/c19-11-17(3-1-2-4-17)18-15(20)16-8-12-5-13(9-16)7-14(6-12)10-16/h12-14,19H,1-11H2,(H,18,20). The lowest BCUT2D eigenvalue weighted by Crippen LogP contribution is -2.59. The molecule has 2 N–H and O–H groups in total. The molecule has 0 atom stereocenters. The van der Waals surface area contributed by atoms with E-state index in [-0.39, 0.29) is 23.5 Å². The molecule has 3 nitrogen and oxygen atoms in total. The Morgan fingerprint density at radius 3 is 1.95 bits per heavy atom. The molecule has 4 bridgehead atoms. The van der Waals surface area contributed by atoms with Crippen molar-refractivity contribution in [2.45, 2.75) is 69.7 Å². The molecule has 0 saturated heterocycles. The van der Waals surface area contributed by atoms with Crippen molar-refractivity contribution in [2.24, 2.45) is 23.2 Å². The minimum atomic E-state index is -0.291. The van der Waals surface area contributed by atoms with Crippen LogP contribution >= 0.6 is 0 Å². The van der Waals surface area contributed by atoms with E-state index in [1.165, 1.54) is 19.3 Å². The van der Waals surface area contributed by atoms with E-state index in [4.69, 9.17) is 0 Å². The van der Waals surface area contributed by atoms with Crippen molar-refractivity contribution in [1.82, 2.24) is 5.32 Å². The van der Waals surface area contributed by atoms with E-state index in [0.29, 0.717) is 0 Å². The first-order chi connectivity index (χ1) is 9.63. The molecule has 0 unspecified atom stereocenters. The first kappa shape index (κ1) is 13.1. The zero-order valence-corrected chi connectivity index (χ0v) is 12.4. The molecule has 5 rings (SSSR count). The van der Waals surface area contributed by atoms with Crippen molar-refractivity contribution >= 4 is 5.91 Å². The fourth-order valence-corrected chi connectivity index (χ4v) is 6.14. The maximum atomic E-state index is 13.0. The Bertz CT molecular complexity index is 376. The van der Waals surface area contributed by atoms with Crippen LogP contribution in [0.3, 0.4) is 0 Å². The smallest absolute Gasteiger partial charge is 0.226 e. The fraction of sp³-hybridized carbons (Fsp3) is 0.941. The van der Waals surface area contributed by atoms with Crippen LogP contribution in [0.4, 0.5) is 0 Å². The first-order valence-electron chi connectivity index (χ1n) is 8.57. The lowest BCUT2D eigenvalue weighted by atomic mass is 9.49. The second-order valence-electron chi connectivity index (χ2n) is 8.30. The number of amides is 1. The molecule has 0 aliphatic heterocycles. The quantitative estimate of drug-likeness (QED) is 0.833. The molecule has 0 spiro atoms. The van der Waals surface area contributed by atoms with Gasteiger partial charge in [-0.1, -0.05) is 12.8 Å². The summed E-state index contributed by atoms with van der Waals surface area (Å²) in [5.41, 5.74) is -0.361. The van der Waals surface area contributed by atoms with Crippen molar-refractivity contribution < 1.29 is 9.90 Å². The molecule has 5 saturated carbocycles. The van der Waals surface area contributed by atoms with Crippen molar-refractivity contribution in [2.75, 3.05) is 6.61 Å². The Labute approximate surface area is 121 Å². The topological polar surface area (TPSA) is 49.3 Å². The highest BCUT2D eigenvalue weighted by molar-refractivity contribution is 5.84. The van der Waals surface area contributed by atoms with Crippen LogP contribution in [0.5, 0.6) is 0 Å². The number of hydrogen-bond donors (Lipinski definition) is 2. The predicted octanol–water partition coefficient (Wildman–Crippen LogP) is 2.62. The molecular weight excluding hydrogens is 250 g/mol. The molecule has 5 aliphatic carbocycles. The second kappa shape index (κ2) is 4.46. The zero-order chi connectivity index (χ0) is 13.8. The highest BCUT2D eigenvalue weighted by Crippen LogP contribution is 2.60. The summed E-state index contributed by atoms with van der Waals surface area (Å²) in [4.78, 5) is 13.0. The number of aliphatic hydroxyl groups is 1. The summed E-state index contributed by atoms with van der Waals surface area (Å²) in [5.74, 6) is 2.70. The van der Waals surface area contributed by atoms with Gasteiger partial charge in [-0.25, -0.2) is 0 Å². The van der Waals surface area contributed by atoms with Gasteiger partial charge in [0.1, 0.15) is 0 Å². The lowest BCUT2D eigenvalue weighted by Gasteiger charge is -2.56. The van der Waals surface area contributed by atoms with E-state index >= 15 is 0 Å². The maximum absolute atomic E-state index is 13.0. The van der Waals surface area contributed by atoms with Crippen molar-refractivity contribution in [3.8, 4) is 0 Å². The average Bonchev–Trinajstić information content (AvgIpc) is 2.86. The van der Waals surface area contributed by atoms with Crippen LogP contribution in [-0.4, -0.2) is 23.2 Å². The highest BCUT2D eigenvalue weighted by Gasteiger charge is 2.55. The van der Waals surface area contributed by atoms with Crippen molar-refractivity contribution in [3.63, 3.8) is 0 Å². The average molecular weight is 277 g/mol. The number of rotatable bonds is 3. The van der Waals surface area contributed by atoms with E-state index in [2.05, 4.69) is 5.32 Å². The summed E-state index contributed by atoms with van der Waals surface area (Å²) in [5, 5.41) is 13.0. The van der Waals surface area contributed by atoms with E-state index in [0.717, 1.165) is 62.7 Å². The van der Waals surface area contributed by atoms with Crippen LogP contribution in [-0.2, 0) is 4.79 Å². The summed E-state index contributed by atoms with van der Waals surface area (Å²) in [6, 6.07) is 0. The minimum Gasteiger partial charge on any atom is -0.394 e. The van der Waals surface area contributed by atoms with Crippen LogP contribution in [0.1, 0.15) is 64.2 Å². The van der Waals surface area contributed by atoms with Crippen molar-refractivity contribution in [1.29, 1.82) is 0 Å². The molecular formula is C17H27NO2. The number of carbonyl (C=O) groups is 1. The van der Waals surface area contributed by atoms with Gasteiger partial charge in [-0.05, 0) is 69.1 Å². The number of aliphatic hydroxyl groups excluding tert-OH is 1. The molecule has 0 aromatic heterocycles. The van der Waals surface area contributed by atoms with Gasteiger partial charge in [0.05, 0.1) is 12.1 Å². The Morgan fingerprint density at radius 1 is 1.00 bits per heavy atom. The Kier molecular flexibility index (Phi) is 2.93. The van der Waals surface area contributed by atoms with Gasteiger partial charge in [0.25, 0.3) is 0 Å². The van der Waals surface area contributed by atoms with Crippen LogP contribution in [0.15, 0.2) is 0 Å². The number of hydrogen-bond acceptors (Lipinski definition) is 2. The molecule has 0 radical (unpaired) electrons. The van der Waals surface area contributed by atoms with Gasteiger partial charge in [0.2, 0.25) is 5.91 Å². The van der Waals surface area contributed by atoms with Crippen LogP contribution in [0, 0.1) is 23.2 Å². The third-order valence-electron chi connectivity index (χ3n) is 6.76. The molecule has 0 heterocycles. The van der Waals surface area contributed by atoms with Gasteiger partial charge in [-0.2, -0.15) is 0 Å². The zero-order valence-electron chi connectivity index (χ0n) is 12.4. The fourth-order valence-electron chi connectivity index (χ4n) is 6.14. The van der Waals surface area contributed by atoms with E-state index in [1.54, 1.807) is 0 Å². The summed E-state index contributed by atoms with van der Waals surface area (Å²) in [6.07, 6.45) is 11.7. The lowest BCUT2D eigenvalue weighted by molar-refractivity contribution is -0.148. The third kappa shape index (κ3) is 1.93. The molecule has 3 heteroatoms. The van der Waals surface area contributed by atoms with Crippen molar-refractivity contribution in [3.05, 3.63) is 0 Å². The van der Waals surface area contributed by atoms with Gasteiger partial charge in [0.15, 0.2) is 0 Å². The molecule has 0 aromatic carbocycles. The largest absolute Gasteiger partial charge is 0.394 e. The van der Waals surface area contributed by atoms with Crippen LogP contribution in [0.2, 0.25) is 0 Å². The summed E-state index contributed by atoms with van der Waals surface area (Å²) >= 11 is 0. The van der Waals surface area contributed by atoms with E-state index < -0.39 is 0 Å². The maximum Gasteiger partial charge on any atom is 0.226 e. The van der Waals surface area contributed by atoms with Crippen LogP contribution < -0.4 is 5.32 Å². The summed E-state index contributed by atoms with van der Waals surface area (Å²) < 4.78 is 0. The molecule has 112 valence electrons. The predicted molar refractivity (Wildman–Crippen MR) is 77.0 cm³/mol. The monoisotopic (exact) mass is 277 g/mol. The molecule has 5 aliphatic rings. The van der Waals surface area contributed by atoms with Crippen LogP contribution in [0.25, 0.3) is 0 Å². The van der Waals surface area contributed by atoms with E-state index in [9.17, 15) is 9.90 Å². The molecule has 5 fully saturated rings. The van der Waals surface area contributed by atoms with Gasteiger partial charge in [0, 0.05) is 5.41 Å². The minimum absolute atomic E-state index is 0.0699. The molecule has 1 amide bonds. The summed E-state index contributed by atoms with van der Waals surface area (Å²) in [6.45, 7) is 0.116. The van der Waals surface area contributed by atoms with E-state index in [1.807, 2.05) is 0 Å². The Balaban J connectivity index is 1.53. The number of carbonyl (C=O) groups excluding carboxylic acids is 1. The third-order valence-corrected chi connectivity index (χ3v) is 6.76. The summed E-state index contributed by atoms with van der Waals surface area (Å²) in [7, 11) is 0. The first-order valence-corrected chi connectivity index (χ1v) is 8.57. The molecule has 20 heavy (non-hydrogen) atoms. The normalized spacial score (nSPS) is 44.8. The second-order valence-corrected chi connectivity index (χ2v) is 8.30.